The minimum Gasteiger partial charge on any atom is -0.439 e. The maximum Gasteiger partial charge on any atom is 0.219 e. The van der Waals surface area contributed by atoms with Gasteiger partial charge < -0.3 is 14.6 Å². The number of pyridine rings is 1. The van der Waals surface area contributed by atoms with Crippen LogP contribution >= 0.6 is 0 Å². The van der Waals surface area contributed by atoms with Gasteiger partial charge in [0.2, 0.25) is 5.88 Å². The van der Waals surface area contributed by atoms with E-state index in [1.807, 2.05) is 48.7 Å². The van der Waals surface area contributed by atoms with Crippen molar-refractivity contribution < 1.29 is 9.13 Å². The molecule has 4 aromatic rings. The van der Waals surface area contributed by atoms with Crippen molar-refractivity contribution in [2.45, 2.75) is 18.9 Å². The third-order valence-corrected chi connectivity index (χ3v) is 5.57. The smallest absolute Gasteiger partial charge is 0.219 e. The summed E-state index contributed by atoms with van der Waals surface area (Å²) in [4.78, 5) is 9.11. The van der Waals surface area contributed by atoms with E-state index in [1.54, 1.807) is 18.3 Å². The standard InChI is InChI=1S/C25H23FN4O/c26-20-8-6-18(7-9-20)25-29-17-23(30(25)21-11-13-27-14-12-21)19-10-15-28-24(16-19)31-22-4-2-1-3-5-22/h1-10,15-17,21,27H,11-14H2. The van der Waals surface area contributed by atoms with Gasteiger partial charge in [0.25, 0.3) is 0 Å². The van der Waals surface area contributed by atoms with E-state index in [9.17, 15) is 4.39 Å². The van der Waals surface area contributed by atoms with E-state index in [2.05, 4.69) is 14.9 Å². The van der Waals surface area contributed by atoms with Gasteiger partial charge in [-0.15, -0.1) is 0 Å². The number of para-hydroxylation sites is 1. The topological polar surface area (TPSA) is 52.0 Å². The summed E-state index contributed by atoms with van der Waals surface area (Å²) in [5.41, 5.74) is 2.90. The zero-order valence-corrected chi connectivity index (χ0v) is 17.0. The molecule has 0 amide bonds. The zero-order valence-electron chi connectivity index (χ0n) is 17.0. The van der Waals surface area contributed by atoms with E-state index in [0.717, 1.165) is 54.3 Å². The van der Waals surface area contributed by atoms with Crippen LogP contribution in [0.1, 0.15) is 18.9 Å². The van der Waals surface area contributed by atoms with Crippen LogP contribution in [0.3, 0.4) is 0 Å². The fourth-order valence-corrected chi connectivity index (χ4v) is 4.06. The van der Waals surface area contributed by atoms with Crippen molar-refractivity contribution in [3.8, 4) is 34.3 Å². The van der Waals surface area contributed by atoms with Gasteiger partial charge in [-0.1, -0.05) is 18.2 Å². The van der Waals surface area contributed by atoms with Crippen LogP contribution in [-0.4, -0.2) is 27.6 Å². The Morgan fingerprint density at radius 1 is 0.903 bits per heavy atom. The molecule has 1 fully saturated rings. The molecule has 1 saturated heterocycles. The number of hydrogen-bond acceptors (Lipinski definition) is 4. The molecule has 0 unspecified atom stereocenters. The Morgan fingerprint density at radius 2 is 1.68 bits per heavy atom. The van der Waals surface area contributed by atoms with Gasteiger partial charge >= 0.3 is 0 Å². The summed E-state index contributed by atoms with van der Waals surface area (Å²) >= 11 is 0. The van der Waals surface area contributed by atoms with E-state index >= 15 is 0 Å². The Hall–Kier alpha value is -3.51. The molecule has 0 spiro atoms. The third kappa shape index (κ3) is 4.20. The van der Waals surface area contributed by atoms with Crippen LogP contribution in [0.2, 0.25) is 0 Å². The summed E-state index contributed by atoms with van der Waals surface area (Å²) in [5.74, 6) is 1.88. The van der Waals surface area contributed by atoms with E-state index in [-0.39, 0.29) is 5.82 Å². The molecule has 2 aromatic carbocycles. The number of nitrogens with one attached hydrogen (secondary N) is 1. The SMILES string of the molecule is Fc1ccc(-c2ncc(-c3ccnc(Oc4ccccc4)c3)n2C2CCNCC2)cc1. The minimum absolute atomic E-state index is 0.249. The van der Waals surface area contributed by atoms with Crippen LogP contribution in [0.15, 0.2) is 79.1 Å². The summed E-state index contributed by atoms with van der Waals surface area (Å²) in [7, 11) is 0. The van der Waals surface area contributed by atoms with Crippen molar-refractivity contribution in [1.82, 2.24) is 19.9 Å². The van der Waals surface area contributed by atoms with Gasteiger partial charge in [-0.2, -0.15) is 0 Å². The Morgan fingerprint density at radius 3 is 2.45 bits per heavy atom. The molecule has 0 saturated carbocycles. The van der Waals surface area contributed by atoms with Crippen LogP contribution < -0.4 is 10.1 Å². The number of hydrogen-bond donors (Lipinski definition) is 1. The monoisotopic (exact) mass is 414 g/mol. The van der Waals surface area contributed by atoms with E-state index in [0.29, 0.717) is 11.9 Å². The predicted octanol–water partition coefficient (Wildman–Crippen LogP) is 5.47. The van der Waals surface area contributed by atoms with Crippen molar-refractivity contribution in [3.05, 3.63) is 84.9 Å². The van der Waals surface area contributed by atoms with Crippen LogP contribution in [0, 0.1) is 5.82 Å². The Bertz CT molecular complexity index is 1150. The molecule has 156 valence electrons. The first kappa shape index (κ1) is 19.5. The number of halogens is 1. The summed E-state index contributed by atoms with van der Waals surface area (Å²) in [5, 5.41) is 3.43. The van der Waals surface area contributed by atoms with Gasteiger partial charge in [-0.25, -0.2) is 14.4 Å². The molecule has 0 atom stereocenters. The van der Waals surface area contributed by atoms with Crippen molar-refractivity contribution >= 4 is 0 Å². The second kappa shape index (κ2) is 8.70. The average molecular weight is 414 g/mol. The molecule has 3 heterocycles. The number of ether oxygens (including phenoxy) is 1. The Balaban J connectivity index is 1.56. The summed E-state index contributed by atoms with van der Waals surface area (Å²) in [6.45, 7) is 1.92. The molecule has 1 N–H and O–H groups in total. The largest absolute Gasteiger partial charge is 0.439 e. The first-order valence-corrected chi connectivity index (χ1v) is 10.5. The molecule has 0 bridgehead atoms. The highest BCUT2D eigenvalue weighted by atomic mass is 19.1. The van der Waals surface area contributed by atoms with Crippen molar-refractivity contribution in [2.24, 2.45) is 0 Å². The first-order valence-electron chi connectivity index (χ1n) is 10.5. The Labute approximate surface area is 180 Å². The van der Waals surface area contributed by atoms with Gasteiger partial charge in [-0.05, 0) is 68.4 Å². The number of benzene rings is 2. The van der Waals surface area contributed by atoms with Crippen LogP contribution in [0.5, 0.6) is 11.6 Å². The molecule has 5 rings (SSSR count). The van der Waals surface area contributed by atoms with Crippen molar-refractivity contribution in [2.75, 3.05) is 13.1 Å². The molecule has 6 heteroatoms. The predicted molar refractivity (Wildman–Crippen MR) is 119 cm³/mol. The van der Waals surface area contributed by atoms with Crippen molar-refractivity contribution in [1.29, 1.82) is 0 Å². The van der Waals surface area contributed by atoms with Gasteiger partial charge in [0, 0.05) is 29.4 Å². The minimum atomic E-state index is -0.249. The normalized spacial score (nSPS) is 14.5. The van der Waals surface area contributed by atoms with Gasteiger partial charge in [0.15, 0.2) is 0 Å². The molecule has 2 aromatic heterocycles. The zero-order chi connectivity index (χ0) is 21.0. The first-order chi connectivity index (χ1) is 15.3. The maximum absolute atomic E-state index is 13.5. The molecule has 0 aliphatic carbocycles. The molecule has 1 aliphatic rings. The Kier molecular flexibility index (Phi) is 5.46. The lowest BCUT2D eigenvalue weighted by Crippen LogP contribution is -2.30. The summed E-state index contributed by atoms with van der Waals surface area (Å²) < 4.78 is 21.7. The van der Waals surface area contributed by atoms with E-state index < -0.39 is 0 Å². The van der Waals surface area contributed by atoms with E-state index in [1.165, 1.54) is 12.1 Å². The number of nitrogens with zero attached hydrogens (tertiary/aromatic N) is 3. The van der Waals surface area contributed by atoms with Crippen LogP contribution in [0.25, 0.3) is 22.6 Å². The molecular weight excluding hydrogens is 391 g/mol. The summed E-state index contributed by atoms with van der Waals surface area (Å²) in [6, 6.07) is 20.4. The van der Waals surface area contributed by atoms with Crippen LogP contribution in [-0.2, 0) is 0 Å². The lowest BCUT2D eigenvalue weighted by molar-refractivity contribution is 0.373. The van der Waals surface area contributed by atoms with E-state index in [4.69, 9.17) is 9.72 Å². The fraction of sp³-hybridized carbons (Fsp3) is 0.200. The second-order valence-electron chi connectivity index (χ2n) is 7.62. The second-order valence-corrected chi connectivity index (χ2v) is 7.62. The summed E-state index contributed by atoms with van der Waals surface area (Å²) in [6.07, 6.45) is 5.67. The highest BCUT2D eigenvalue weighted by Crippen LogP contribution is 2.34. The molecule has 0 radical (unpaired) electrons. The molecule has 5 nitrogen and oxygen atoms in total. The highest BCUT2D eigenvalue weighted by Gasteiger charge is 2.23. The fourth-order valence-electron chi connectivity index (χ4n) is 4.06. The van der Waals surface area contributed by atoms with Crippen LogP contribution in [0.4, 0.5) is 4.39 Å². The van der Waals surface area contributed by atoms with Gasteiger partial charge in [0.05, 0.1) is 11.9 Å². The average Bonchev–Trinajstić information content (AvgIpc) is 3.26. The quantitative estimate of drug-likeness (QED) is 0.471. The number of imidazole rings is 1. The molecule has 31 heavy (non-hydrogen) atoms. The number of rotatable bonds is 5. The molecule has 1 aliphatic heterocycles. The number of piperidine rings is 1. The van der Waals surface area contributed by atoms with Gasteiger partial charge in [0.1, 0.15) is 17.4 Å². The van der Waals surface area contributed by atoms with Gasteiger partial charge in [-0.3, -0.25) is 0 Å². The van der Waals surface area contributed by atoms with Crippen molar-refractivity contribution in [3.63, 3.8) is 0 Å². The molecular formula is C25H23FN4O. The maximum atomic E-state index is 13.5. The third-order valence-electron chi connectivity index (χ3n) is 5.57. The highest BCUT2D eigenvalue weighted by molar-refractivity contribution is 5.67. The lowest BCUT2D eigenvalue weighted by atomic mass is 10.0. The lowest BCUT2D eigenvalue weighted by Gasteiger charge is -2.27. The number of aromatic nitrogens is 3.